The lowest BCUT2D eigenvalue weighted by Gasteiger charge is -2.07. The molecule has 1 N–H and O–H groups in total. The Morgan fingerprint density at radius 2 is 2.19 bits per heavy atom. The molecule has 0 aliphatic rings. The Morgan fingerprint density at radius 3 is 2.75 bits per heavy atom. The lowest BCUT2D eigenvalue weighted by atomic mass is 10.4. The summed E-state index contributed by atoms with van der Waals surface area (Å²) in [4.78, 5) is 8.54. The van der Waals surface area contributed by atoms with E-state index in [0.717, 1.165) is 30.3 Å². The van der Waals surface area contributed by atoms with Gasteiger partial charge in [-0.3, -0.25) is 0 Å². The third-order valence-electron chi connectivity index (χ3n) is 2.41. The number of anilines is 1. The van der Waals surface area contributed by atoms with Gasteiger partial charge in [-0.15, -0.1) is 0 Å². The number of hydrogen-bond donors (Lipinski definition) is 1. The Balaban J connectivity index is 2.16. The van der Waals surface area contributed by atoms with Crippen molar-refractivity contribution in [3.05, 3.63) is 36.5 Å². The van der Waals surface area contributed by atoms with Gasteiger partial charge in [-0.05, 0) is 25.5 Å². The van der Waals surface area contributed by atoms with Crippen molar-refractivity contribution in [3.63, 3.8) is 0 Å². The summed E-state index contributed by atoms with van der Waals surface area (Å²) < 4.78 is 2.01. The second kappa shape index (κ2) is 4.79. The fourth-order valence-electron chi connectivity index (χ4n) is 1.54. The Hall–Kier alpha value is -1.84. The van der Waals surface area contributed by atoms with Crippen LogP contribution in [0.4, 0.5) is 5.82 Å². The third kappa shape index (κ3) is 2.21. The van der Waals surface area contributed by atoms with E-state index in [-0.39, 0.29) is 0 Å². The monoisotopic (exact) mass is 216 g/mol. The Morgan fingerprint density at radius 1 is 1.31 bits per heavy atom. The molecule has 0 saturated carbocycles. The van der Waals surface area contributed by atoms with Crippen LogP contribution >= 0.6 is 0 Å². The maximum absolute atomic E-state index is 4.35. The van der Waals surface area contributed by atoms with E-state index in [2.05, 4.69) is 22.2 Å². The molecule has 0 saturated heterocycles. The second-order valence-corrected chi connectivity index (χ2v) is 3.67. The van der Waals surface area contributed by atoms with E-state index < -0.39 is 0 Å². The van der Waals surface area contributed by atoms with Crippen LogP contribution in [0.2, 0.25) is 0 Å². The molecule has 0 amide bonds. The molecule has 0 spiro atoms. The van der Waals surface area contributed by atoms with Gasteiger partial charge < -0.3 is 9.88 Å². The van der Waals surface area contributed by atoms with Gasteiger partial charge in [-0.2, -0.15) is 0 Å². The van der Waals surface area contributed by atoms with E-state index in [9.17, 15) is 0 Å². The van der Waals surface area contributed by atoms with E-state index in [1.807, 2.05) is 36.0 Å². The minimum absolute atomic E-state index is 0.920. The number of imidazole rings is 1. The molecule has 4 nitrogen and oxygen atoms in total. The zero-order valence-electron chi connectivity index (χ0n) is 9.64. The lowest BCUT2D eigenvalue weighted by Crippen LogP contribution is -2.02. The van der Waals surface area contributed by atoms with Crippen molar-refractivity contribution in [2.45, 2.75) is 20.3 Å². The second-order valence-electron chi connectivity index (χ2n) is 3.67. The van der Waals surface area contributed by atoms with E-state index >= 15 is 0 Å². The zero-order valence-corrected chi connectivity index (χ0v) is 9.64. The van der Waals surface area contributed by atoms with Crippen LogP contribution in [-0.4, -0.2) is 21.1 Å². The number of hydrogen-bond acceptors (Lipinski definition) is 3. The molecule has 0 aromatic carbocycles. The average molecular weight is 216 g/mol. The first-order valence-electron chi connectivity index (χ1n) is 5.51. The minimum Gasteiger partial charge on any atom is -0.370 e. The number of pyridine rings is 1. The van der Waals surface area contributed by atoms with Crippen molar-refractivity contribution >= 4 is 5.82 Å². The fraction of sp³-hybridized carbons (Fsp3) is 0.333. The van der Waals surface area contributed by atoms with Gasteiger partial charge in [0.05, 0.1) is 11.9 Å². The highest BCUT2D eigenvalue weighted by molar-refractivity contribution is 5.41. The molecule has 0 fully saturated rings. The van der Waals surface area contributed by atoms with Gasteiger partial charge in [0.2, 0.25) is 0 Å². The van der Waals surface area contributed by atoms with Gasteiger partial charge in [0.1, 0.15) is 11.6 Å². The number of aromatic nitrogens is 3. The van der Waals surface area contributed by atoms with Crippen molar-refractivity contribution in [3.8, 4) is 5.69 Å². The molecule has 0 bridgehead atoms. The molecule has 0 aliphatic heterocycles. The van der Waals surface area contributed by atoms with Gasteiger partial charge >= 0.3 is 0 Å². The van der Waals surface area contributed by atoms with E-state index in [1.165, 1.54) is 0 Å². The highest BCUT2D eigenvalue weighted by atomic mass is 15.1. The van der Waals surface area contributed by atoms with Crippen molar-refractivity contribution in [1.29, 1.82) is 0 Å². The van der Waals surface area contributed by atoms with Gasteiger partial charge in [-0.1, -0.05) is 6.92 Å². The topological polar surface area (TPSA) is 42.7 Å². The molecule has 16 heavy (non-hydrogen) atoms. The van der Waals surface area contributed by atoms with Gasteiger partial charge in [-0.25, -0.2) is 9.97 Å². The maximum atomic E-state index is 4.35. The normalized spacial score (nSPS) is 10.4. The molecule has 0 atom stereocenters. The maximum Gasteiger partial charge on any atom is 0.126 e. The first-order chi connectivity index (χ1) is 7.81. The summed E-state index contributed by atoms with van der Waals surface area (Å²) in [6.07, 6.45) is 6.68. The fourth-order valence-corrected chi connectivity index (χ4v) is 1.54. The Kier molecular flexibility index (Phi) is 3.19. The van der Waals surface area contributed by atoms with Crippen LogP contribution in [0.15, 0.2) is 30.7 Å². The zero-order chi connectivity index (χ0) is 11.4. The SMILES string of the molecule is CCCNc1ccc(-n2ccnc2C)cn1. The molecule has 0 radical (unpaired) electrons. The number of nitrogens with zero attached hydrogens (tertiary/aromatic N) is 3. The van der Waals surface area contributed by atoms with Crippen LogP contribution in [-0.2, 0) is 0 Å². The van der Waals surface area contributed by atoms with Gasteiger partial charge in [0.25, 0.3) is 0 Å². The molecular formula is C12H16N4. The van der Waals surface area contributed by atoms with Crippen LogP contribution < -0.4 is 5.32 Å². The molecule has 84 valence electrons. The highest BCUT2D eigenvalue weighted by Gasteiger charge is 2.00. The van der Waals surface area contributed by atoms with Gasteiger partial charge in [0, 0.05) is 18.9 Å². The predicted molar refractivity (Wildman–Crippen MR) is 64.9 cm³/mol. The lowest BCUT2D eigenvalue weighted by molar-refractivity contribution is 0.951. The molecule has 0 aliphatic carbocycles. The van der Waals surface area contributed by atoms with Crippen molar-refractivity contribution in [1.82, 2.24) is 14.5 Å². The van der Waals surface area contributed by atoms with Crippen LogP contribution in [0.5, 0.6) is 0 Å². The molecule has 0 unspecified atom stereocenters. The number of rotatable bonds is 4. The standard InChI is InChI=1S/C12H16N4/c1-3-6-14-12-5-4-11(9-15-12)16-8-7-13-10(16)2/h4-5,7-9H,3,6H2,1-2H3,(H,14,15). The molecule has 2 heterocycles. The largest absolute Gasteiger partial charge is 0.370 e. The van der Waals surface area contributed by atoms with E-state index in [4.69, 9.17) is 0 Å². The van der Waals surface area contributed by atoms with Crippen LogP contribution in [0.25, 0.3) is 5.69 Å². The Labute approximate surface area is 95.4 Å². The Bertz CT molecular complexity index is 444. The van der Waals surface area contributed by atoms with Crippen molar-refractivity contribution in [2.24, 2.45) is 0 Å². The molecule has 2 aromatic rings. The summed E-state index contributed by atoms with van der Waals surface area (Å²) in [5.41, 5.74) is 1.04. The van der Waals surface area contributed by atoms with Gasteiger partial charge in [0.15, 0.2) is 0 Å². The summed E-state index contributed by atoms with van der Waals surface area (Å²) >= 11 is 0. The van der Waals surface area contributed by atoms with Crippen LogP contribution in [0.3, 0.4) is 0 Å². The van der Waals surface area contributed by atoms with Crippen molar-refractivity contribution < 1.29 is 0 Å². The molecule has 2 rings (SSSR count). The van der Waals surface area contributed by atoms with Crippen molar-refractivity contribution in [2.75, 3.05) is 11.9 Å². The van der Waals surface area contributed by atoms with Crippen LogP contribution in [0, 0.1) is 6.92 Å². The minimum atomic E-state index is 0.920. The first-order valence-corrected chi connectivity index (χ1v) is 5.51. The number of nitrogens with one attached hydrogen (secondary N) is 1. The smallest absolute Gasteiger partial charge is 0.126 e. The van der Waals surface area contributed by atoms with E-state index in [1.54, 1.807) is 6.20 Å². The highest BCUT2D eigenvalue weighted by Crippen LogP contribution is 2.11. The quantitative estimate of drug-likeness (QED) is 0.853. The summed E-state index contributed by atoms with van der Waals surface area (Å²) in [7, 11) is 0. The summed E-state index contributed by atoms with van der Waals surface area (Å²) in [6, 6.07) is 4.03. The molecular weight excluding hydrogens is 200 g/mol. The summed E-state index contributed by atoms with van der Waals surface area (Å²) in [6.45, 7) is 5.07. The van der Waals surface area contributed by atoms with Crippen LogP contribution in [0.1, 0.15) is 19.2 Å². The van der Waals surface area contributed by atoms with E-state index in [0.29, 0.717) is 0 Å². The average Bonchev–Trinajstić information content (AvgIpc) is 2.74. The predicted octanol–water partition coefficient (Wildman–Crippen LogP) is 2.40. The first kappa shape index (κ1) is 10.7. The third-order valence-corrected chi connectivity index (χ3v) is 2.41. The molecule has 4 heteroatoms. The molecule has 2 aromatic heterocycles. The summed E-state index contributed by atoms with van der Waals surface area (Å²) in [5.74, 6) is 1.89. The summed E-state index contributed by atoms with van der Waals surface area (Å²) in [5, 5.41) is 3.25. The number of aryl methyl sites for hydroxylation is 1.